The molecule has 2 aliphatic rings. The molecule has 3 heteroatoms. The molecule has 0 saturated carbocycles. The monoisotopic (exact) mass is 218 g/mol. The Morgan fingerprint density at radius 2 is 2.25 bits per heavy atom. The van der Waals surface area contributed by atoms with Gasteiger partial charge in [-0.1, -0.05) is 6.07 Å². The molecule has 2 saturated heterocycles. The summed E-state index contributed by atoms with van der Waals surface area (Å²) in [5.74, 6) is 0. The molecular weight excluding hydrogens is 200 g/mol. The summed E-state index contributed by atoms with van der Waals surface area (Å²) >= 11 is 0. The number of nitrogens with one attached hydrogen (secondary N) is 1. The smallest absolute Gasteiger partial charge is 0.0781 e. The first kappa shape index (κ1) is 9.97. The molecule has 3 N–H and O–H groups in total. The lowest BCUT2D eigenvalue weighted by atomic mass is 9.95. The fraction of sp³-hybridized carbons (Fsp3) is 0.538. The maximum absolute atomic E-state index is 5.90. The van der Waals surface area contributed by atoms with Gasteiger partial charge in [0, 0.05) is 11.4 Å². The molecule has 1 aromatic rings. The van der Waals surface area contributed by atoms with Gasteiger partial charge in [-0.2, -0.15) is 0 Å². The van der Waals surface area contributed by atoms with Gasteiger partial charge >= 0.3 is 0 Å². The summed E-state index contributed by atoms with van der Waals surface area (Å²) in [6.45, 7) is 2.03. The third-order valence-corrected chi connectivity index (χ3v) is 3.74. The van der Waals surface area contributed by atoms with Gasteiger partial charge in [-0.25, -0.2) is 0 Å². The van der Waals surface area contributed by atoms with Crippen LogP contribution in [-0.4, -0.2) is 18.2 Å². The number of aryl methyl sites for hydroxylation is 1. The van der Waals surface area contributed by atoms with Crippen LogP contribution in [0, 0.1) is 6.92 Å². The van der Waals surface area contributed by atoms with E-state index in [0.717, 1.165) is 23.4 Å². The van der Waals surface area contributed by atoms with Crippen molar-refractivity contribution in [3.05, 3.63) is 23.8 Å². The van der Waals surface area contributed by atoms with Crippen molar-refractivity contribution < 1.29 is 4.74 Å². The van der Waals surface area contributed by atoms with E-state index >= 15 is 0 Å². The van der Waals surface area contributed by atoms with Gasteiger partial charge in [-0.3, -0.25) is 0 Å². The van der Waals surface area contributed by atoms with Gasteiger partial charge in [0.25, 0.3) is 0 Å². The highest BCUT2D eigenvalue weighted by atomic mass is 16.5. The summed E-state index contributed by atoms with van der Waals surface area (Å²) in [5, 5.41) is 3.54. The predicted octanol–water partition coefficient (Wildman–Crippen LogP) is 2.31. The molecule has 0 spiro atoms. The zero-order valence-corrected chi connectivity index (χ0v) is 9.57. The third kappa shape index (κ3) is 1.65. The topological polar surface area (TPSA) is 47.3 Å². The van der Waals surface area contributed by atoms with Gasteiger partial charge in [0.2, 0.25) is 0 Å². The minimum absolute atomic E-state index is 0.410. The molecule has 16 heavy (non-hydrogen) atoms. The number of anilines is 2. The normalized spacial score (nSPS) is 31.9. The SMILES string of the molecule is Cc1ccc(NC2CC3CCC2O3)cc1N. The number of rotatable bonds is 2. The van der Waals surface area contributed by atoms with Gasteiger partial charge in [-0.05, 0) is 43.9 Å². The molecule has 2 aliphatic heterocycles. The van der Waals surface area contributed by atoms with Gasteiger partial charge in [0.1, 0.15) is 0 Å². The number of hydrogen-bond acceptors (Lipinski definition) is 3. The molecule has 1 aromatic carbocycles. The minimum Gasteiger partial charge on any atom is -0.398 e. The van der Waals surface area contributed by atoms with Crippen LogP contribution in [0.25, 0.3) is 0 Å². The zero-order chi connectivity index (χ0) is 11.1. The number of hydrogen-bond donors (Lipinski definition) is 2. The Labute approximate surface area is 96.0 Å². The Morgan fingerprint density at radius 3 is 2.88 bits per heavy atom. The summed E-state index contributed by atoms with van der Waals surface area (Å²) in [5.41, 5.74) is 9.00. The molecule has 3 atom stereocenters. The second-order valence-electron chi connectivity index (χ2n) is 4.93. The fourth-order valence-electron chi connectivity index (χ4n) is 2.73. The van der Waals surface area contributed by atoms with Crippen LogP contribution in [0.2, 0.25) is 0 Å². The first-order valence-corrected chi connectivity index (χ1v) is 6.00. The van der Waals surface area contributed by atoms with E-state index in [0.29, 0.717) is 18.2 Å². The second kappa shape index (κ2) is 3.67. The average molecular weight is 218 g/mol. The summed E-state index contributed by atoms with van der Waals surface area (Å²) in [7, 11) is 0. The van der Waals surface area contributed by atoms with Gasteiger partial charge in [0.05, 0.1) is 18.2 Å². The average Bonchev–Trinajstić information content (AvgIpc) is 2.85. The first-order valence-electron chi connectivity index (χ1n) is 6.00. The van der Waals surface area contributed by atoms with E-state index in [1.807, 2.05) is 13.0 Å². The maximum atomic E-state index is 5.90. The Hall–Kier alpha value is -1.22. The molecule has 3 rings (SSSR count). The quantitative estimate of drug-likeness (QED) is 0.749. The predicted molar refractivity (Wildman–Crippen MR) is 65.5 cm³/mol. The summed E-state index contributed by atoms with van der Waals surface area (Å²) in [6.07, 6.45) is 4.47. The first-order chi connectivity index (χ1) is 7.72. The van der Waals surface area contributed by atoms with Crippen LogP contribution in [0.4, 0.5) is 11.4 Å². The van der Waals surface area contributed by atoms with Gasteiger partial charge < -0.3 is 15.8 Å². The highest BCUT2D eigenvalue weighted by molar-refractivity contribution is 5.58. The van der Waals surface area contributed by atoms with Crippen LogP contribution in [0.3, 0.4) is 0 Å². The lowest BCUT2D eigenvalue weighted by molar-refractivity contribution is 0.102. The Kier molecular flexibility index (Phi) is 2.28. The number of benzene rings is 1. The number of nitrogens with two attached hydrogens (primary N) is 1. The molecule has 2 fully saturated rings. The van der Waals surface area contributed by atoms with E-state index in [2.05, 4.69) is 17.4 Å². The molecule has 3 unspecified atom stereocenters. The van der Waals surface area contributed by atoms with Crippen molar-refractivity contribution in [1.82, 2.24) is 0 Å². The molecular formula is C13H18N2O. The standard InChI is InChI=1S/C13H18N2O/c1-8-2-3-9(6-11(8)14)15-12-7-10-4-5-13(12)16-10/h2-3,6,10,12-13,15H,4-5,7,14H2,1H3. The summed E-state index contributed by atoms with van der Waals surface area (Å²) in [4.78, 5) is 0. The second-order valence-corrected chi connectivity index (χ2v) is 4.93. The van der Waals surface area contributed by atoms with Crippen molar-refractivity contribution in [1.29, 1.82) is 0 Å². The summed E-state index contributed by atoms with van der Waals surface area (Å²) in [6, 6.07) is 6.64. The Morgan fingerprint density at radius 1 is 1.38 bits per heavy atom. The van der Waals surface area contributed by atoms with Crippen molar-refractivity contribution in [2.75, 3.05) is 11.1 Å². The van der Waals surface area contributed by atoms with Crippen LogP contribution in [-0.2, 0) is 4.74 Å². The van der Waals surface area contributed by atoms with Crippen molar-refractivity contribution in [3.8, 4) is 0 Å². The van der Waals surface area contributed by atoms with Crippen LogP contribution >= 0.6 is 0 Å². The van der Waals surface area contributed by atoms with E-state index in [1.54, 1.807) is 0 Å². The van der Waals surface area contributed by atoms with E-state index in [-0.39, 0.29) is 0 Å². The van der Waals surface area contributed by atoms with Crippen molar-refractivity contribution in [2.45, 2.75) is 44.4 Å². The highest BCUT2D eigenvalue weighted by Gasteiger charge is 2.40. The molecule has 2 bridgehead atoms. The number of nitrogen functional groups attached to an aromatic ring is 1. The lowest BCUT2D eigenvalue weighted by Gasteiger charge is -2.21. The van der Waals surface area contributed by atoms with E-state index in [9.17, 15) is 0 Å². The lowest BCUT2D eigenvalue weighted by Crippen LogP contribution is -2.30. The fourth-order valence-corrected chi connectivity index (χ4v) is 2.73. The Bertz CT molecular complexity index is 405. The van der Waals surface area contributed by atoms with Crippen molar-refractivity contribution in [3.63, 3.8) is 0 Å². The molecule has 0 amide bonds. The van der Waals surface area contributed by atoms with Crippen molar-refractivity contribution >= 4 is 11.4 Å². The van der Waals surface area contributed by atoms with E-state index < -0.39 is 0 Å². The van der Waals surface area contributed by atoms with Crippen LogP contribution < -0.4 is 11.1 Å². The summed E-state index contributed by atoms with van der Waals surface area (Å²) < 4.78 is 5.82. The van der Waals surface area contributed by atoms with Gasteiger partial charge in [-0.15, -0.1) is 0 Å². The molecule has 0 aliphatic carbocycles. The Balaban J connectivity index is 1.72. The van der Waals surface area contributed by atoms with Crippen molar-refractivity contribution in [2.24, 2.45) is 0 Å². The molecule has 3 nitrogen and oxygen atoms in total. The number of fused-ring (bicyclic) bond motifs is 2. The van der Waals surface area contributed by atoms with Crippen LogP contribution in [0.15, 0.2) is 18.2 Å². The third-order valence-electron chi connectivity index (χ3n) is 3.74. The number of ether oxygens (including phenoxy) is 1. The zero-order valence-electron chi connectivity index (χ0n) is 9.57. The molecule has 0 radical (unpaired) electrons. The molecule has 86 valence electrons. The van der Waals surface area contributed by atoms with E-state index in [4.69, 9.17) is 10.5 Å². The minimum atomic E-state index is 0.410. The molecule has 0 aromatic heterocycles. The molecule has 2 heterocycles. The van der Waals surface area contributed by atoms with E-state index in [1.165, 1.54) is 12.8 Å². The highest BCUT2D eigenvalue weighted by Crippen LogP contribution is 2.36. The maximum Gasteiger partial charge on any atom is 0.0781 e. The van der Waals surface area contributed by atoms with Crippen LogP contribution in [0.5, 0.6) is 0 Å². The van der Waals surface area contributed by atoms with Crippen LogP contribution in [0.1, 0.15) is 24.8 Å². The largest absolute Gasteiger partial charge is 0.398 e. The van der Waals surface area contributed by atoms with Gasteiger partial charge in [0.15, 0.2) is 0 Å².